The number of aliphatic hydroxyl groups is 1. The number of halogens is 1. The van der Waals surface area contributed by atoms with Crippen molar-refractivity contribution >= 4 is 54.4 Å². The van der Waals surface area contributed by atoms with Crippen molar-refractivity contribution in [3.8, 4) is 10.4 Å². The van der Waals surface area contributed by atoms with Gasteiger partial charge in [0.2, 0.25) is 10.0 Å². The van der Waals surface area contributed by atoms with Gasteiger partial charge in [-0.1, -0.05) is 48.0 Å². The number of fused-ring (bicyclic) bond motifs is 1. The van der Waals surface area contributed by atoms with Gasteiger partial charge in [0.1, 0.15) is 0 Å². The van der Waals surface area contributed by atoms with Crippen molar-refractivity contribution < 1.29 is 13.5 Å². The predicted molar refractivity (Wildman–Crippen MR) is 139 cm³/mol. The maximum Gasteiger partial charge on any atom is 0.215 e. The molecule has 0 radical (unpaired) electrons. The minimum atomic E-state index is -3.44. The quantitative estimate of drug-likeness (QED) is 0.287. The van der Waals surface area contributed by atoms with Gasteiger partial charge in [-0.15, -0.1) is 22.7 Å². The fourth-order valence-corrected chi connectivity index (χ4v) is 8.07. The lowest BCUT2D eigenvalue weighted by molar-refractivity contribution is 0.0825. The van der Waals surface area contributed by atoms with Crippen LogP contribution >= 0.6 is 34.3 Å². The summed E-state index contributed by atoms with van der Waals surface area (Å²) in [7, 11) is -3.44. The first-order chi connectivity index (χ1) is 15.6. The standard InChI is InChI=1S/C25H24ClNO3S3/c1-25(2,28)22-13-12-20(31-22)18-8-5-6-15-14-21(32-24(15)18)23(17-7-3-4-9-19(17)26)27-33(29,30)16-10-11-16/h3-9,12-14,16,23,27-28H,10-11H2,1-2H3/t23-/m1/s1. The Bertz CT molecular complexity index is 1430. The molecule has 1 aliphatic carbocycles. The topological polar surface area (TPSA) is 66.4 Å². The molecule has 8 heteroatoms. The van der Waals surface area contributed by atoms with Crippen LogP contribution in [0.25, 0.3) is 20.5 Å². The molecule has 0 amide bonds. The summed E-state index contributed by atoms with van der Waals surface area (Å²) >= 11 is 9.66. The molecule has 2 aromatic heterocycles. The van der Waals surface area contributed by atoms with Crippen molar-refractivity contribution in [3.05, 3.63) is 81.0 Å². The van der Waals surface area contributed by atoms with Crippen molar-refractivity contribution in [3.63, 3.8) is 0 Å². The molecular formula is C25H24ClNO3S3. The smallest absolute Gasteiger partial charge is 0.215 e. The van der Waals surface area contributed by atoms with Crippen LogP contribution in [0, 0.1) is 0 Å². The van der Waals surface area contributed by atoms with E-state index in [1.54, 1.807) is 42.6 Å². The zero-order chi connectivity index (χ0) is 23.4. The minimum Gasteiger partial charge on any atom is -0.385 e. The fourth-order valence-electron chi connectivity index (χ4n) is 3.85. The van der Waals surface area contributed by atoms with E-state index in [0.29, 0.717) is 17.9 Å². The highest BCUT2D eigenvalue weighted by atomic mass is 35.5. The zero-order valence-corrected chi connectivity index (χ0v) is 21.4. The lowest BCUT2D eigenvalue weighted by atomic mass is 10.1. The van der Waals surface area contributed by atoms with Crippen LogP contribution in [0.4, 0.5) is 0 Å². The van der Waals surface area contributed by atoms with Gasteiger partial charge in [0.05, 0.1) is 16.9 Å². The lowest BCUT2D eigenvalue weighted by Crippen LogP contribution is -2.31. The lowest BCUT2D eigenvalue weighted by Gasteiger charge is -2.19. The molecule has 1 fully saturated rings. The molecule has 1 atom stereocenters. The largest absolute Gasteiger partial charge is 0.385 e. The molecule has 2 heterocycles. The molecule has 2 N–H and O–H groups in total. The molecular weight excluding hydrogens is 494 g/mol. The monoisotopic (exact) mass is 517 g/mol. The molecule has 1 aliphatic rings. The van der Waals surface area contributed by atoms with E-state index in [2.05, 4.69) is 16.9 Å². The zero-order valence-electron chi connectivity index (χ0n) is 18.2. The number of nitrogens with one attached hydrogen (secondary N) is 1. The second kappa shape index (κ2) is 8.48. The van der Waals surface area contributed by atoms with Crippen molar-refractivity contribution in [2.45, 2.75) is 43.6 Å². The molecule has 4 aromatic rings. The van der Waals surface area contributed by atoms with E-state index < -0.39 is 21.7 Å². The summed E-state index contributed by atoms with van der Waals surface area (Å²) < 4.78 is 29.8. The predicted octanol–water partition coefficient (Wildman–Crippen LogP) is 6.68. The van der Waals surface area contributed by atoms with Crippen molar-refractivity contribution in [1.82, 2.24) is 4.72 Å². The summed E-state index contributed by atoms with van der Waals surface area (Å²) in [6.45, 7) is 3.57. The number of hydrogen-bond acceptors (Lipinski definition) is 5. The van der Waals surface area contributed by atoms with Crippen LogP contribution in [-0.4, -0.2) is 18.8 Å². The van der Waals surface area contributed by atoms with E-state index in [9.17, 15) is 13.5 Å². The van der Waals surface area contributed by atoms with E-state index in [-0.39, 0.29) is 5.25 Å². The molecule has 0 bridgehead atoms. The highest BCUT2D eigenvalue weighted by Gasteiger charge is 2.38. The van der Waals surface area contributed by atoms with Crippen LogP contribution in [-0.2, 0) is 15.6 Å². The summed E-state index contributed by atoms with van der Waals surface area (Å²) in [5.74, 6) is 0. The molecule has 0 spiro atoms. The average Bonchev–Trinajstić information content (AvgIpc) is 3.34. The normalized spacial score (nSPS) is 15.8. The van der Waals surface area contributed by atoms with E-state index in [1.807, 2.05) is 42.5 Å². The van der Waals surface area contributed by atoms with Gasteiger partial charge in [-0.25, -0.2) is 13.1 Å². The Balaban J connectivity index is 1.62. The summed E-state index contributed by atoms with van der Waals surface area (Å²) in [5, 5.41) is 11.6. The van der Waals surface area contributed by atoms with Crippen molar-refractivity contribution in [2.75, 3.05) is 0 Å². The van der Waals surface area contributed by atoms with Crippen LogP contribution in [0.2, 0.25) is 5.02 Å². The van der Waals surface area contributed by atoms with Gasteiger partial charge < -0.3 is 5.11 Å². The molecule has 33 heavy (non-hydrogen) atoms. The molecule has 2 aromatic carbocycles. The Morgan fingerprint density at radius 2 is 1.82 bits per heavy atom. The van der Waals surface area contributed by atoms with Gasteiger partial charge in [-0.2, -0.15) is 0 Å². The molecule has 0 aliphatic heterocycles. The summed E-state index contributed by atoms with van der Waals surface area (Å²) in [4.78, 5) is 2.87. The first kappa shape index (κ1) is 23.0. The number of thiophene rings is 2. The second-order valence-corrected chi connectivity index (χ2v) is 13.5. The summed E-state index contributed by atoms with van der Waals surface area (Å²) in [6, 6.07) is 19.0. The van der Waals surface area contributed by atoms with Gasteiger partial charge in [-0.3, -0.25) is 0 Å². The molecule has 0 unspecified atom stereocenters. The van der Waals surface area contributed by atoms with Gasteiger partial charge >= 0.3 is 0 Å². The summed E-state index contributed by atoms with van der Waals surface area (Å²) in [6.07, 6.45) is 1.39. The van der Waals surface area contributed by atoms with Crippen molar-refractivity contribution in [2.24, 2.45) is 0 Å². The van der Waals surface area contributed by atoms with E-state index in [1.165, 1.54) is 0 Å². The first-order valence-corrected chi connectivity index (χ1v) is 14.3. The van der Waals surface area contributed by atoms with E-state index in [4.69, 9.17) is 11.6 Å². The third kappa shape index (κ3) is 4.63. The Hall–Kier alpha value is -1.74. The Labute approximate surface area is 206 Å². The second-order valence-electron chi connectivity index (χ2n) is 8.91. The first-order valence-electron chi connectivity index (χ1n) is 10.7. The minimum absolute atomic E-state index is 0.321. The molecule has 172 valence electrons. The maximum absolute atomic E-state index is 12.9. The number of hydrogen-bond donors (Lipinski definition) is 2. The Morgan fingerprint density at radius 3 is 2.48 bits per heavy atom. The highest BCUT2D eigenvalue weighted by molar-refractivity contribution is 7.90. The number of sulfonamides is 1. The molecule has 5 rings (SSSR count). The van der Waals surface area contributed by atoms with Crippen LogP contribution in [0.5, 0.6) is 0 Å². The Kier molecular flexibility index (Phi) is 5.92. The van der Waals surface area contributed by atoms with Gasteiger partial charge in [0.25, 0.3) is 0 Å². The molecule has 4 nitrogen and oxygen atoms in total. The summed E-state index contributed by atoms with van der Waals surface area (Å²) in [5.41, 5.74) is 0.928. The van der Waals surface area contributed by atoms with Crippen LogP contribution in [0.1, 0.15) is 48.0 Å². The number of rotatable bonds is 7. The molecule has 1 saturated carbocycles. The number of benzene rings is 2. The van der Waals surface area contributed by atoms with Gasteiger partial charge in [0, 0.05) is 29.9 Å². The highest BCUT2D eigenvalue weighted by Crippen LogP contribution is 2.43. The third-order valence-electron chi connectivity index (χ3n) is 5.78. The van der Waals surface area contributed by atoms with Crippen LogP contribution < -0.4 is 4.72 Å². The maximum atomic E-state index is 12.9. The average molecular weight is 518 g/mol. The van der Waals surface area contributed by atoms with E-state index >= 15 is 0 Å². The van der Waals surface area contributed by atoms with E-state index in [0.717, 1.165) is 35.8 Å². The van der Waals surface area contributed by atoms with Gasteiger partial charge in [-0.05, 0) is 61.9 Å². The van der Waals surface area contributed by atoms with Crippen LogP contribution in [0.3, 0.4) is 0 Å². The van der Waals surface area contributed by atoms with Crippen LogP contribution in [0.15, 0.2) is 60.7 Å². The van der Waals surface area contributed by atoms with Crippen molar-refractivity contribution in [1.29, 1.82) is 0 Å². The Morgan fingerprint density at radius 1 is 1.06 bits per heavy atom. The van der Waals surface area contributed by atoms with Gasteiger partial charge in [0.15, 0.2) is 0 Å². The SMILES string of the molecule is CC(C)(O)c1ccc(-c2cccc3cc([C@H](NS(=O)(=O)C4CC4)c4ccccc4Cl)sc23)s1. The fraction of sp³-hybridized carbons (Fsp3) is 0.280. The molecule has 0 saturated heterocycles. The third-order valence-corrected chi connectivity index (χ3v) is 10.7.